The Kier molecular flexibility index (Phi) is 5.86. The molecule has 0 unspecified atom stereocenters. The van der Waals surface area contributed by atoms with Gasteiger partial charge >= 0.3 is 11.8 Å². The minimum absolute atomic E-state index is 0.325. The number of piperazine rings is 1. The zero-order valence-electron chi connectivity index (χ0n) is 18.4. The Bertz CT molecular complexity index is 925. The molecule has 0 atom stereocenters. The molecule has 0 N–H and O–H groups in total. The lowest BCUT2D eigenvalue weighted by Gasteiger charge is -2.38. The van der Waals surface area contributed by atoms with E-state index < -0.39 is 11.8 Å². The highest BCUT2D eigenvalue weighted by atomic mass is 16.5. The van der Waals surface area contributed by atoms with Crippen molar-refractivity contribution < 1.29 is 19.1 Å². The second kappa shape index (κ2) is 8.44. The molecule has 166 valence electrons. The van der Waals surface area contributed by atoms with E-state index in [1.54, 1.807) is 9.80 Å². The van der Waals surface area contributed by atoms with E-state index in [9.17, 15) is 14.9 Å². The Morgan fingerprint density at radius 2 is 1.61 bits per heavy atom. The number of ether oxygens (including phenoxy) is 2. The lowest BCUT2D eigenvalue weighted by Crippen LogP contribution is -2.55. The van der Waals surface area contributed by atoms with Crippen LogP contribution in [0, 0.1) is 18.3 Å². The molecule has 0 radical (unpaired) electrons. The van der Waals surface area contributed by atoms with Crippen molar-refractivity contribution >= 4 is 17.6 Å². The molecule has 2 saturated heterocycles. The number of pyridine rings is 1. The third-order valence-electron chi connectivity index (χ3n) is 6.27. The first-order chi connectivity index (χ1) is 14.8. The summed E-state index contributed by atoms with van der Waals surface area (Å²) in [4.78, 5) is 35.1. The Morgan fingerprint density at radius 3 is 2.23 bits per heavy atom. The van der Waals surface area contributed by atoms with E-state index in [1.807, 2.05) is 20.8 Å². The minimum Gasteiger partial charge on any atom is -0.378 e. The summed E-state index contributed by atoms with van der Waals surface area (Å²) in [5.41, 5.74) is 3.17. The fourth-order valence-electron chi connectivity index (χ4n) is 4.42. The van der Waals surface area contributed by atoms with Gasteiger partial charge in [0.1, 0.15) is 11.9 Å². The third-order valence-corrected chi connectivity index (χ3v) is 6.27. The predicted molar refractivity (Wildman–Crippen MR) is 112 cm³/mol. The van der Waals surface area contributed by atoms with Crippen LogP contribution in [0.25, 0.3) is 0 Å². The largest absolute Gasteiger partial charge is 0.378 e. The van der Waals surface area contributed by atoms with Crippen molar-refractivity contribution in [3.05, 3.63) is 22.4 Å². The molecule has 9 heteroatoms. The van der Waals surface area contributed by atoms with Crippen molar-refractivity contribution in [2.45, 2.75) is 39.4 Å². The molecular formula is C22H29N5O4. The molecule has 1 aromatic rings. The van der Waals surface area contributed by atoms with Crippen molar-refractivity contribution in [3.8, 4) is 6.07 Å². The van der Waals surface area contributed by atoms with Crippen LogP contribution in [0.2, 0.25) is 0 Å². The molecule has 9 nitrogen and oxygen atoms in total. The van der Waals surface area contributed by atoms with Gasteiger partial charge in [-0.25, -0.2) is 4.98 Å². The molecule has 2 amide bonds. The predicted octanol–water partition coefficient (Wildman–Crippen LogP) is 0.620. The van der Waals surface area contributed by atoms with Crippen LogP contribution >= 0.6 is 0 Å². The fraction of sp³-hybridized carbons (Fsp3) is 0.636. The third kappa shape index (κ3) is 4.23. The van der Waals surface area contributed by atoms with Crippen LogP contribution in [0.5, 0.6) is 0 Å². The first kappa shape index (κ1) is 21.5. The molecule has 3 aliphatic heterocycles. The van der Waals surface area contributed by atoms with E-state index in [-0.39, 0.29) is 5.60 Å². The van der Waals surface area contributed by atoms with Gasteiger partial charge in [-0.15, -0.1) is 0 Å². The molecule has 31 heavy (non-hydrogen) atoms. The van der Waals surface area contributed by atoms with E-state index >= 15 is 0 Å². The Morgan fingerprint density at radius 1 is 1.00 bits per heavy atom. The highest BCUT2D eigenvalue weighted by molar-refractivity contribution is 6.34. The normalized spacial score (nSPS) is 20.8. The zero-order chi connectivity index (χ0) is 22.2. The standard InChI is InChI=1S/C22H29N5O4/c1-15-18-14-31-22(2,3)12-16(18)17(13-23)19(24-15)25-4-6-26(7-5-25)20(28)21(29)27-8-10-30-11-9-27/h4-12,14H2,1-3H3. The van der Waals surface area contributed by atoms with Gasteiger partial charge in [-0.2, -0.15) is 5.26 Å². The highest BCUT2D eigenvalue weighted by Gasteiger charge is 2.34. The summed E-state index contributed by atoms with van der Waals surface area (Å²) in [7, 11) is 0. The van der Waals surface area contributed by atoms with Gasteiger partial charge in [-0.3, -0.25) is 9.59 Å². The fourth-order valence-corrected chi connectivity index (χ4v) is 4.42. The van der Waals surface area contributed by atoms with E-state index in [0.717, 1.165) is 16.8 Å². The van der Waals surface area contributed by atoms with Crippen LogP contribution in [-0.2, 0) is 32.1 Å². The molecule has 2 fully saturated rings. The molecule has 0 saturated carbocycles. The maximum absolute atomic E-state index is 12.7. The van der Waals surface area contributed by atoms with Crippen molar-refractivity contribution in [3.63, 3.8) is 0 Å². The summed E-state index contributed by atoms with van der Waals surface area (Å²) < 4.78 is 11.2. The molecule has 4 rings (SSSR count). The van der Waals surface area contributed by atoms with E-state index in [1.165, 1.54) is 0 Å². The average molecular weight is 428 g/mol. The van der Waals surface area contributed by atoms with Crippen LogP contribution in [0.3, 0.4) is 0 Å². The van der Waals surface area contributed by atoms with Gasteiger partial charge in [0.15, 0.2) is 0 Å². The quantitative estimate of drug-likeness (QED) is 0.606. The maximum Gasteiger partial charge on any atom is 0.312 e. The van der Waals surface area contributed by atoms with Crippen LogP contribution in [0.4, 0.5) is 5.82 Å². The number of amides is 2. The summed E-state index contributed by atoms with van der Waals surface area (Å²) in [5, 5.41) is 9.94. The number of nitriles is 1. The second-order valence-corrected chi connectivity index (χ2v) is 8.87. The molecule has 0 spiro atoms. The summed E-state index contributed by atoms with van der Waals surface area (Å²) in [6, 6.07) is 2.37. The van der Waals surface area contributed by atoms with Crippen LogP contribution in [-0.4, -0.2) is 84.7 Å². The smallest absolute Gasteiger partial charge is 0.312 e. The summed E-state index contributed by atoms with van der Waals surface area (Å²) in [6.45, 7) is 10.2. The first-order valence-corrected chi connectivity index (χ1v) is 10.8. The van der Waals surface area contributed by atoms with Gasteiger partial charge in [0.05, 0.1) is 31.0 Å². The van der Waals surface area contributed by atoms with Crippen molar-refractivity contribution in [1.82, 2.24) is 14.8 Å². The molecule has 0 aliphatic carbocycles. The second-order valence-electron chi connectivity index (χ2n) is 8.87. The number of carbonyl (C=O) groups excluding carboxylic acids is 2. The van der Waals surface area contributed by atoms with Gasteiger partial charge < -0.3 is 24.2 Å². The molecule has 4 heterocycles. The summed E-state index contributed by atoms with van der Waals surface area (Å²) in [5.74, 6) is -0.252. The SMILES string of the molecule is Cc1nc(N2CCN(C(=O)C(=O)N3CCOCC3)CC2)c(C#N)c2c1COC(C)(C)C2. The number of morpholine rings is 1. The number of anilines is 1. The van der Waals surface area contributed by atoms with Crippen molar-refractivity contribution in [2.75, 3.05) is 57.4 Å². The van der Waals surface area contributed by atoms with Crippen LogP contribution in [0.15, 0.2) is 0 Å². The Labute approximate surface area is 182 Å². The number of aryl methyl sites for hydroxylation is 1. The number of nitrogens with zero attached hydrogens (tertiary/aromatic N) is 5. The lowest BCUT2D eigenvalue weighted by molar-refractivity contribution is -0.154. The van der Waals surface area contributed by atoms with Gasteiger partial charge in [0.2, 0.25) is 0 Å². The highest BCUT2D eigenvalue weighted by Crippen LogP contribution is 2.35. The zero-order valence-corrected chi connectivity index (χ0v) is 18.4. The van der Waals surface area contributed by atoms with Gasteiger partial charge in [-0.1, -0.05) is 0 Å². The summed E-state index contributed by atoms with van der Waals surface area (Å²) >= 11 is 0. The van der Waals surface area contributed by atoms with E-state index in [0.29, 0.717) is 76.9 Å². The Balaban J connectivity index is 1.49. The topological polar surface area (TPSA) is 99.0 Å². The molecule has 3 aliphatic rings. The molecular weight excluding hydrogens is 398 g/mol. The van der Waals surface area contributed by atoms with E-state index in [2.05, 4.69) is 11.0 Å². The van der Waals surface area contributed by atoms with Crippen LogP contribution in [0.1, 0.15) is 36.2 Å². The number of aromatic nitrogens is 1. The number of carbonyl (C=O) groups is 2. The monoisotopic (exact) mass is 427 g/mol. The Hall–Kier alpha value is -2.70. The number of rotatable bonds is 1. The lowest BCUT2D eigenvalue weighted by atomic mass is 9.88. The molecule has 0 bridgehead atoms. The maximum atomic E-state index is 12.7. The van der Waals surface area contributed by atoms with Gasteiger partial charge in [-0.05, 0) is 26.3 Å². The van der Waals surface area contributed by atoms with Crippen LogP contribution < -0.4 is 4.90 Å². The summed E-state index contributed by atoms with van der Waals surface area (Å²) in [6.07, 6.45) is 0.661. The number of hydrogen-bond acceptors (Lipinski definition) is 7. The van der Waals surface area contributed by atoms with Crippen molar-refractivity contribution in [1.29, 1.82) is 5.26 Å². The number of hydrogen-bond donors (Lipinski definition) is 0. The minimum atomic E-state index is -0.462. The number of fused-ring (bicyclic) bond motifs is 1. The van der Waals surface area contributed by atoms with Gasteiger partial charge in [0.25, 0.3) is 0 Å². The van der Waals surface area contributed by atoms with Crippen molar-refractivity contribution in [2.24, 2.45) is 0 Å². The van der Waals surface area contributed by atoms with Gasteiger partial charge in [0, 0.05) is 56.9 Å². The van der Waals surface area contributed by atoms with E-state index in [4.69, 9.17) is 14.5 Å². The average Bonchev–Trinajstić information content (AvgIpc) is 2.78. The first-order valence-electron chi connectivity index (χ1n) is 10.8. The molecule has 1 aromatic heterocycles. The molecule has 0 aromatic carbocycles.